The van der Waals surface area contributed by atoms with Gasteiger partial charge in [0.25, 0.3) is 0 Å². The molecule has 0 aliphatic heterocycles. The summed E-state index contributed by atoms with van der Waals surface area (Å²) in [6.45, 7) is 7.30. The van der Waals surface area contributed by atoms with Gasteiger partial charge in [-0.15, -0.1) is 0 Å². The number of hydrogen-bond acceptors (Lipinski definition) is 4. The number of rotatable bonds is 46. The van der Waals surface area contributed by atoms with Gasteiger partial charge in [0, 0.05) is 10.4 Å². The summed E-state index contributed by atoms with van der Waals surface area (Å²) in [5.41, 5.74) is 0. The molecule has 0 aromatic carbocycles. The van der Waals surface area contributed by atoms with E-state index in [0.717, 1.165) is 0 Å². The Labute approximate surface area is 374 Å². The van der Waals surface area contributed by atoms with E-state index in [2.05, 4.69) is 42.0 Å². The smallest absolute Gasteiger partial charge is 0.0766 e. The van der Waals surface area contributed by atoms with E-state index in [1.807, 2.05) is 0 Å². The molecule has 0 aromatic heterocycles. The SMILES string of the molecule is CCCCCCCCCCCCCCCCCCCCCCCC[NH+](C)C.CCCCCCCCCCCCCCCCCCCCCCCC[NH+](C)C.O=S(=O)([O-])[O-]. The minimum atomic E-state index is -5.17. The molecule has 0 atom stereocenters. The predicted molar refractivity (Wildman–Crippen MR) is 260 cm³/mol. The van der Waals surface area contributed by atoms with E-state index >= 15 is 0 Å². The lowest BCUT2D eigenvalue weighted by Gasteiger charge is -2.06. The Morgan fingerprint density at radius 1 is 0.254 bits per heavy atom. The van der Waals surface area contributed by atoms with Crippen molar-refractivity contribution < 1.29 is 27.3 Å². The zero-order valence-corrected chi connectivity index (χ0v) is 42.4. The van der Waals surface area contributed by atoms with Crippen LogP contribution >= 0.6 is 0 Å². The summed E-state index contributed by atoms with van der Waals surface area (Å²) >= 11 is 0. The number of unbranched alkanes of at least 4 members (excludes halogenated alkanes) is 42. The van der Waals surface area contributed by atoms with Crippen LogP contribution in [0.2, 0.25) is 0 Å². The summed E-state index contributed by atoms with van der Waals surface area (Å²) in [4.78, 5) is 3.20. The normalized spacial score (nSPS) is 11.6. The summed E-state index contributed by atoms with van der Waals surface area (Å²) in [5.74, 6) is 0. The van der Waals surface area contributed by atoms with Gasteiger partial charge in [-0.2, -0.15) is 0 Å². The van der Waals surface area contributed by atoms with E-state index in [1.165, 1.54) is 296 Å². The average Bonchev–Trinajstić information content (AvgIpc) is 3.18. The average molecular weight is 862 g/mol. The lowest BCUT2D eigenvalue weighted by Crippen LogP contribution is -3.05. The standard InChI is InChI=1S/2C26H55N.H2O4S/c2*1-4-5-6-7-8-9-10-11-12-13-14-15-16-17-18-19-20-21-22-23-24-25-26-27(2)3;1-5(2,3)4/h2*4-26H2,1-3H3;(H2,1,2,3,4). The molecule has 0 saturated heterocycles. The molecule has 0 bridgehead atoms. The second-order valence-corrected chi connectivity index (χ2v) is 20.0. The largest absolute Gasteiger partial charge is 0.759 e. The molecule has 0 unspecified atom stereocenters. The van der Waals surface area contributed by atoms with Crippen LogP contribution in [-0.4, -0.2) is 58.8 Å². The van der Waals surface area contributed by atoms with Crippen molar-refractivity contribution in [2.75, 3.05) is 41.3 Å². The zero-order chi connectivity index (χ0) is 44.2. The Morgan fingerprint density at radius 2 is 0.356 bits per heavy atom. The molecule has 0 saturated carbocycles. The van der Waals surface area contributed by atoms with Crippen molar-refractivity contribution >= 4 is 10.4 Å². The third-order valence-electron chi connectivity index (χ3n) is 12.1. The predicted octanol–water partition coefficient (Wildman–Crippen LogP) is 14.1. The van der Waals surface area contributed by atoms with Crippen molar-refractivity contribution in [3.63, 3.8) is 0 Å². The molecule has 0 heterocycles. The van der Waals surface area contributed by atoms with Crippen molar-refractivity contribution in [1.29, 1.82) is 0 Å². The highest BCUT2D eigenvalue weighted by Gasteiger charge is 1.99. The van der Waals surface area contributed by atoms with Crippen molar-refractivity contribution in [1.82, 2.24) is 0 Å². The van der Waals surface area contributed by atoms with Crippen molar-refractivity contribution in [2.45, 2.75) is 296 Å². The lowest BCUT2D eigenvalue weighted by molar-refractivity contribution is -0.858. The molecule has 59 heavy (non-hydrogen) atoms. The van der Waals surface area contributed by atoms with E-state index in [1.54, 1.807) is 9.80 Å². The summed E-state index contributed by atoms with van der Waals surface area (Å²) in [5, 5.41) is 0. The van der Waals surface area contributed by atoms with Gasteiger partial charge in [0.1, 0.15) is 0 Å². The highest BCUT2D eigenvalue weighted by atomic mass is 32.3. The Hall–Kier alpha value is -0.210. The van der Waals surface area contributed by atoms with E-state index in [0.29, 0.717) is 0 Å². The molecule has 0 radical (unpaired) electrons. The third-order valence-corrected chi connectivity index (χ3v) is 12.1. The van der Waals surface area contributed by atoms with Crippen LogP contribution < -0.4 is 9.80 Å². The molecule has 0 rings (SSSR count). The maximum Gasteiger partial charge on any atom is 0.0766 e. The van der Waals surface area contributed by atoms with Gasteiger partial charge in [-0.3, -0.25) is 8.42 Å². The highest BCUT2D eigenvalue weighted by Crippen LogP contribution is 2.17. The van der Waals surface area contributed by atoms with Gasteiger partial charge in [-0.05, 0) is 25.7 Å². The van der Waals surface area contributed by atoms with E-state index < -0.39 is 10.4 Å². The lowest BCUT2D eigenvalue weighted by atomic mass is 10.0. The molecule has 360 valence electrons. The van der Waals surface area contributed by atoms with Gasteiger partial charge in [0.2, 0.25) is 0 Å². The molecule has 0 fully saturated rings. The van der Waals surface area contributed by atoms with Crippen LogP contribution in [0.5, 0.6) is 0 Å². The summed E-state index contributed by atoms with van der Waals surface area (Å²) in [6.07, 6.45) is 64.8. The van der Waals surface area contributed by atoms with Crippen molar-refractivity contribution in [3.05, 3.63) is 0 Å². The van der Waals surface area contributed by atoms with Gasteiger partial charge in [0.15, 0.2) is 0 Å². The first-order chi connectivity index (χ1) is 28.5. The van der Waals surface area contributed by atoms with Crippen LogP contribution in [0.3, 0.4) is 0 Å². The van der Waals surface area contributed by atoms with Gasteiger partial charge in [-0.25, -0.2) is 0 Å². The molecule has 0 aliphatic carbocycles. The Kier molecular flexibility index (Phi) is 59.7. The van der Waals surface area contributed by atoms with Crippen LogP contribution in [0.25, 0.3) is 0 Å². The molecule has 0 aromatic rings. The molecular formula is C52H112N2O4S. The second-order valence-electron chi connectivity index (χ2n) is 19.2. The number of hydrogen-bond donors (Lipinski definition) is 2. The summed E-state index contributed by atoms with van der Waals surface area (Å²) in [6, 6.07) is 0. The van der Waals surface area contributed by atoms with Crippen molar-refractivity contribution in [3.8, 4) is 0 Å². The van der Waals surface area contributed by atoms with Crippen LogP contribution in [-0.2, 0) is 10.4 Å². The summed E-state index contributed by atoms with van der Waals surface area (Å²) in [7, 11) is 3.88. The van der Waals surface area contributed by atoms with E-state index in [9.17, 15) is 0 Å². The Bertz CT molecular complexity index is 764. The molecule has 6 nitrogen and oxygen atoms in total. The van der Waals surface area contributed by atoms with E-state index in [-0.39, 0.29) is 0 Å². The Morgan fingerprint density at radius 3 is 0.458 bits per heavy atom. The molecule has 7 heteroatoms. The van der Waals surface area contributed by atoms with Crippen LogP contribution in [0.4, 0.5) is 0 Å². The first-order valence-electron chi connectivity index (χ1n) is 26.8. The first-order valence-corrected chi connectivity index (χ1v) is 28.1. The minimum absolute atomic E-state index is 1.35. The second kappa shape index (κ2) is 55.8. The highest BCUT2D eigenvalue weighted by molar-refractivity contribution is 7.79. The van der Waals surface area contributed by atoms with Crippen LogP contribution in [0.15, 0.2) is 0 Å². The maximum atomic E-state index is 8.52. The van der Waals surface area contributed by atoms with Crippen LogP contribution in [0, 0.1) is 0 Å². The van der Waals surface area contributed by atoms with Crippen LogP contribution in [0.1, 0.15) is 296 Å². The quantitative estimate of drug-likeness (QED) is 0.0362. The molecular weight excluding hydrogens is 749 g/mol. The summed E-state index contributed by atoms with van der Waals surface area (Å²) < 4.78 is 34.1. The number of nitrogens with one attached hydrogen (secondary N) is 2. The van der Waals surface area contributed by atoms with Gasteiger partial charge in [0.05, 0.1) is 41.3 Å². The van der Waals surface area contributed by atoms with Crippen molar-refractivity contribution in [2.24, 2.45) is 0 Å². The Balaban J connectivity index is -0.000000951. The molecule has 0 spiro atoms. The van der Waals surface area contributed by atoms with E-state index in [4.69, 9.17) is 17.5 Å². The molecule has 2 N–H and O–H groups in total. The van der Waals surface area contributed by atoms with Gasteiger partial charge in [-0.1, -0.05) is 271 Å². The molecule has 0 amide bonds. The monoisotopic (exact) mass is 861 g/mol. The molecule has 0 aliphatic rings. The zero-order valence-electron chi connectivity index (χ0n) is 41.6. The maximum absolute atomic E-state index is 8.52. The fourth-order valence-corrected chi connectivity index (χ4v) is 8.17. The topological polar surface area (TPSA) is 89.1 Å². The number of quaternary nitrogens is 2. The fourth-order valence-electron chi connectivity index (χ4n) is 8.17. The minimum Gasteiger partial charge on any atom is -0.759 e. The van der Waals surface area contributed by atoms with Gasteiger partial charge >= 0.3 is 0 Å². The van der Waals surface area contributed by atoms with Gasteiger partial charge < -0.3 is 18.9 Å². The first kappa shape index (κ1) is 63.1. The fraction of sp³-hybridized carbons (Fsp3) is 1.00. The third kappa shape index (κ3) is 78.8.